The van der Waals surface area contributed by atoms with Crippen LogP contribution >= 0.6 is 0 Å². The summed E-state index contributed by atoms with van der Waals surface area (Å²) in [4.78, 5) is 14.0. The van der Waals surface area contributed by atoms with Crippen LogP contribution < -0.4 is 10.0 Å². The van der Waals surface area contributed by atoms with Gasteiger partial charge in [-0.25, -0.2) is 17.9 Å². The molecule has 0 radical (unpaired) electrons. The first-order valence-electron chi connectivity index (χ1n) is 10.1. The van der Waals surface area contributed by atoms with Gasteiger partial charge in [-0.15, -0.1) is 0 Å². The molecule has 1 aliphatic carbocycles. The lowest BCUT2D eigenvalue weighted by molar-refractivity contribution is 0.0645. The van der Waals surface area contributed by atoms with Crippen LogP contribution in [0, 0.1) is 0 Å². The third kappa shape index (κ3) is 4.15. The van der Waals surface area contributed by atoms with E-state index < -0.39 is 10.0 Å². The van der Waals surface area contributed by atoms with Crippen molar-refractivity contribution in [2.24, 2.45) is 0 Å². The maximum absolute atomic E-state index is 12.1. The number of fused-ring (bicyclic) bond motifs is 1. The number of hydrogen-bond donors (Lipinski definition) is 3. The molecular weight excluding hydrogens is 406 g/mol. The lowest BCUT2D eigenvalue weighted by Gasteiger charge is -2.23. The van der Waals surface area contributed by atoms with Crippen LogP contribution in [0.25, 0.3) is 0 Å². The molecule has 3 N–H and O–H groups in total. The van der Waals surface area contributed by atoms with Crippen molar-refractivity contribution in [3.8, 4) is 0 Å². The third-order valence-electron chi connectivity index (χ3n) is 5.83. The van der Waals surface area contributed by atoms with Gasteiger partial charge < -0.3 is 15.0 Å². The van der Waals surface area contributed by atoms with Crippen LogP contribution in [-0.4, -0.2) is 48.8 Å². The molecule has 30 heavy (non-hydrogen) atoms. The van der Waals surface area contributed by atoms with Crippen molar-refractivity contribution in [1.29, 1.82) is 0 Å². The van der Waals surface area contributed by atoms with Crippen LogP contribution in [0.1, 0.15) is 50.3 Å². The van der Waals surface area contributed by atoms with Gasteiger partial charge in [0.2, 0.25) is 10.0 Å². The number of amides is 1. The van der Waals surface area contributed by atoms with Crippen molar-refractivity contribution in [3.05, 3.63) is 35.5 Å². The van der Waals surface area contributed by atoms with Gasteiger partial charge in [0.1, 0.15) is 6.10 Å². The molecule has 2 heterocycles. The normalized spacial score (nSPS) is 22.1. The van der Waals surface area contributed by atoms with E-state index in [-0.39, 0.29) is 24.2 Å². The van der Waals surface area contributed by atoms with E-state index in [2.05, 4.69) is 20.2 Å². The lowest BCUT2D eigenvalue weighted by atomic mass is 10.0. The number of sulfonamides is 1. The van der Waals surface area contributed by atoms with Crippen LogP contribution in [0.4, 0.5) is 16.3 Å². The van der Waals surface area contributed by atoms with E-state index in [0.29, 0.717) is 22.9 Å². The van der Waals surface area contributed by atoms with Gasteiger partial charge in [-0.3, -0.25) is 5.10 Å². The smallest absolute Gasteiger partial charge is 0.410 e. The largest absolute Gasteiger partial charge is 0.446 e. The Morgan fingerprint density at radius 3 is 2.87 bits per heavy atom. The van der Waals surface area contributed by atoms with Crippen LogP contribution in [0.2, 0.25) is 0 Å². The first kappa shape index (κ1) is 20.7. The molecule has 1 saturated carbocycles. The first-order chi connectivity index (χ1) is 14.2. The number of aromatic nitrogens is 2. The molecule has 1 aromatic heterocycles. The summed E-state index contributed by atoms with van der Waals surface area (Å²) >= 11 is 0. The predicted molar refractivity (Wildman–Crippen MR) is 112 cm³/mol. The van der Waals surface area contributed by atoms with E-state index in [1.807, 2.05) is 26.0 Å². The molecule has 9 nitrogen and oxygen atoms in total. The Hall–Kier alpha value is -2.59. The molecular formula is C20H27N5O4S. The topological polar surface area (TPSA) is 116 Å². The number of H-pyrrole nitrogens is 1. The van der Waals surface area contributed by atoms with Crippen molar-refractivity contribution < 1.29 is 17.9 Å². The van der Waals surface area contributed by atoms with Crippen molar-refractivity contribution in [3.63, 3.8) is 0 Å². The molecule has 2 aliphatic rings. The average molecular weight is 434 g/mol. The number of nitrogens with zero attached hydrogens (tertiary/aromatic N) is 2. The van der Waals surface area contributed by atoms with Gasteiger partial charge in [0.05, 0.1) is 4.90 Å². The monoisotopic (exact) mass is 433 g/mol. The minimum Gasteiger partial charge on any atom is -0.446 e. The van der Waals surface area contributed by atoms with Crippen molar-refractivity contribution in [1.82, 2.24) is 19.8 Å². The molecule has 4 rings (SSSR count). The van der Waals surface area contributed by atoms with Crippen molar-refractivity contribution in [2.75, 3.05) is 12.4 Å². The van der Waals surface area contributed by atoms with E-state index in [9.17, 15) is 13.2 Å². The summed E-state index contributed by atoms with van der Waals surface area (Å²) in [5, 5.41) is 10.5. The van der Waals surface area contributed by atoms with Crippen LogP contribution in [0.5, 0.6) is 0 Å². The number of nitrogens with one attached hydrogen (secondary N) is 3. The molecule has 1 amide bonds. The Balaban J connectivity index is 1.38. The lowest BCUT2D eigenvalue weighted by Crippen LogP contribution is -2.35. The van der Waals surface area contributed by atoms with E-state index in [1.165, 1.54) is 0 Å². The van der Waals surface area contributed by atoms with Crippen LogP contribution in [-0.2, 0) is 21.3 Å². The Morgan fingerprint density at radius 2 is 2.10 bits per heavy atom. The van der Waals surface area contributed by atoms with Crippen molar-refractivity contribution in [2.45, 2.75) is 62.6 Å². The van der Waals surface area contributed by atoms with Gasteiger partial charge >= 0.3 is 6.09 Å². The summed E-state index contributed by atoms with van der Waals surface area (Å²) in [7, 11) is -1.68. The molecule has 1 aliphatic heterocycles. The number of benzene rings is 1. The quantitative estimate of drug-likeness (QED) is 0.667. The molecule has 2 aromatic rings. The standard InChI is InChI=1S/C20H27N5O4S/c1-12(2)25(3)20(26)29-16-7-5-13(8-16)17-10-19(24-23-17)22-15-6-4-14-11-21-30(27,28)18(14)9-15/h4,6,9-10,12-13,16,21H,5,7-8,11H2,1-3H3,(H2,22,23,24)/t13-,16+/m0/s1. The van der Waals surface area contributed by atoms with Crippen LogP contribution in [0.3, 0.4) is 0 Å². The summed E-state index contributed by atoms with van der Waals surface area (Å²) in [6.45, 7) is 4.22. The predicted octanol–water partition coefficient (Wildman–Crippen LogP) is 3.06. The van der Waals surface area contributed by atoms with Crippen LogP contribution in [0.15, 0.2) is 29.2 Å². The van der Waals surface area contributed by atoms with Gasteiger partial charge in [-0.1, -0.05) is 6.07 Å². The number of aromatic amines is 1. The maximum atomic E-state index is 12.1. The van der Waals surface area contributed by atoms with Gasteiger partial charge in [-0.2, -0.15) is 5.10 Å². The first-order valence-corrected chi connectivity index (χ1v) is 11.6. The summed E-state index contributed by atoms with van der Waals surface area (Å²) in [5.74, 6) is 0.855. The highest BCUT2D eigenvalue weighted by molar-refractivity contribution is 7.89. The van der Waals surface area contributed by atoms with E-state index in [4.69, 9.17) is 4.74 Å². The zero-order valence-electron chi connectivity index (χ0n) is 17.3. The molecule has 1 fully saturated rings. The second-order valence-electron chi connectivity index (χ2n) is 8.20. The molecule has 2 atom stereocenters. The minimum atomic E-state index is -3.42. The number of carbonyl (C=O) groups is 1. The van der Waals surface area contributed by atoms with Gasteiger partial charge in [0.25, 0.3) is 0 Å². The number of hydrogen-bond acceptors (Lipinski definition) is 6. The highest BCUT2D eigenvalue weighted by atomic mass is 32.2. The molecule has 0 bridgehead atoms. The fraction of sp³-hybridized carbons (Fsp3) is 0.500. The summed E-state index contributed by atoms with van der Waals surface area (Å²) < 4.78 is 32.2. The number of ether oxygens (including phenoxy) is 1. The molecule has 0 saturated heterocycles. The van der Waals surface area contributed by atoms with Gasteiger partial charge in [0.15, 0.2) is 5.82 Å². The van der Waals surface area contributed by atoms with E-state index in [1.54, 1.807) is 24.1 Å². The molecule has 1 aromatic carbocycles. The Labute approximate surface area is 176 Å². The Morgan fingerprint density at radius 1 is 1.30 bits per heavy atom. The van der Waals surface area contributed by atoms with Gasteiger partial charge in [0, 0.05) is 43.0 Å². The van der Waals surface area contributed by atoms with Gasteiger partial charge in [-0.05, 0) is 50.8 Å². The molecule has 162 valence electrons. The molecule has 0 unspecified atom stereocenters. The number of rotatable bonds is 5. The van der Waals surface area contributed by atoms with E-state index >= 15 is 0 Å². The highest BCUT2D eigenvalue weighted by Crippen LogP contribution is 2.36. The minimum absolute atomic E-state index is 0.0981. The fourth-order valence-corrected chi connectivity index (χ4v) is 5.07. The zero-order chi connectivity index (χ0) is 21.5. The second kappa shape index (κ2) is 7.92. The SMILES string of the molecule is CC(C)N(C)C(=O)O[C@@H]1CC[C@H](c2cc(Nc3ccc4c(c3)S(=O)(=O)NC4)n[nH]2)C1. The van der Waals surface area contributed by atoms with Crippen molar-refractivity contribution >= 4 is 27.6 Å². The molecule has 0 spiro atoms. The highest BCUT2D eigenvalue weighted by Gasteiger charge is 2.31. The molecule has 10 heteroatoms. The summed E-state index contributed by atoms with van der Waals surface area (Å²) in [6, 6.07) is 7.28. The second-order valence-corrected chi connectivity index (χ2v) is 9.94. The summed E-state index contributed by atoms with van der Waals surface area (Å²) in [6.07, 6.45) is 2.09. The number of anilines is 2. The maximum Gasteiger partial charge on any atom is 0.410 e. The Bertz CT molecular complexity index is 1050. The average Bonchev–Trinajstić information content (AvgIpc) is 3.41. The Kier molecular flexibility index (Phi) is 5.46. The zero-order valence-corrected chi connectivity index (χ0v) is 18.1. The third-order valence-corrected chi connectivity index (χ3v) is 7.32. The number of carbonyl (C=O) groups excluding carboxylic acids is 1. The van der Waals surface area contributed by atoms with E-state index in [0.717, 1.165) is 30.5 Å². The summed E-state index contributed by atoms with van der Waals surface area (Å²) in [5.41, 5.74) is 2.40. The fourth-order valence-electron chi connectivity index (χ4n) is 3.80.